The van der Waals surface area contributed by atoms with Crippen molar-refractivity contribution in [2.75, 3.05) is 13.7 Å². The van der Waals surface area contributed by atoms with E-state index >= 15 is 0 Å². The lowest BCUT2D eigenvalue weighted by atomic mass is 10.0. The molecule has 0 bridgehead atoms. The summed E-state index contributed by atoms with van der Waals surface area (Å²) in [5, 5.41) is 13.6. The van der Waals surface area contributed by atoms with Crippen LogP contribution in [0.4, 0.5) is 0 Å². The predicted molar refractivity (Wildman–Crippen MR) is 104 cm³/mol. The van der Waals surface area contributed by atoms with E-state index in [2.05, 4.69) is 40.3 Å². The number of phenolic OH excluding ortho intramolecular Hbond substituents is 1. The normalized spacial score (nSPS) is 11.0. The molecule has 138 valence electrons. The summed E-state index contributed by atoms with van der Waals surface area (Å²) in [6.45, 7) is 4.05. The maximum absolute atomic E-state index is 11.8. The van der Waals surface area contributed by atoms with Crippen LogP contribution in [-0.4, -0.2) is 30.9 Å². The van der Waals surface area contributed by atoms with Crippen LogP contribution >= 0.6 is 15.9 Å². The summed E-state index contributed by atoms with van der Waals surface area (Å²) in [6.07, 6.45) is 1.45. The number of aromatic hydroxyl groups is 1. The molecule has 2 aromatic carbocycles. The molecule has 0 spiro atoms. The maximum atomic E-state index is 11.8. The van der Waals surface area contributed by atoms with E-state index in [-0.39, 0.29) is 18.3 Å². The number of nitrogens with zero attached hydrogens (tertiary/aromatic N) is 1. The summed E-state index contributed by atoms with van der Waals surface area (Å²) in [5.74, 6) is 0.966. The molecule has 0 heterocycles. The fraction of sp³-hybridized carbons (Fsp3) is 0.263. The molecule has 1 amide bonds. The number of carbonyl (C=O) groups excluding carboxylic acids is 1. The van der Waals surface area contributed by atoms with Crippen LogP contribution in [0.1, 0.15) is 30.9 Å². The highest BCUT2D eigenvalue weighted by Gasteiger charge is 2.08. The van der Waals surface area contributed by atoms with E-state index in [0.29, 0.717) is 27.5 Å². The topological polar surface area (TPSA) is 80.2 Å². The van der Waals surface area contributed by atoms with Gasteiger partial charge in [0, 0.05) is 0 Å². The van der Waals surface area contributed by atoms with Gasteiger partial charge >= 0.3 is 0 Å². The molecule has 0 saturated heterocycles. The number of carbonyl (C=O) groups is 1. The molecule has 0 aliphatic heterocycles. The molecule has 2 N–H and O–H groups in total. The summed E-state index contributed by atoms with van der Waals surface area (Å²) >= 11 is 3.23. The minimum atomic E-state index is -0.374. The van der Waals surface area contributed by atoms with Crippen molar-refractivity contribution < 1.29 is 19.4 Å². The van der Waals surface area contributed by atoms with Gasteiger partial charge in [-0.05, 0) is 57.2 Å². The largest absolute Gasteiger partial charge is 0.503 e. The van der Waals surface area contributed by atoms with Crippen LogP contribution in [0.15, 0.2) is 46.0 Å². The Bertz CT molecular complexity index is 806. The van der Waals surface area contributed by atoms with Crippen LogP contribution in [-0.2, 0) is 4.79 Å². The second-order valence-corrected chi connectivity index (χ2v) is 6.72. The Morgan fingerprint density at radius 2 is 2.12 bits per heavy atom. The van der Waals surface area contributed by atoms with Crippen LogP contribution in [0.2, 0.25) is 0 Å². The van der Waals surface area contributed by atoms with Gasteiger partial charge in [-0.15, -0.1) is 0 Å². The quantitative estimate of drug-likeness (QED) is 0.526. The van der Waals surface area contributed by atoms with Crippen molar-refractivity contribution in [1.82, 2.24) is 5.43 Å². The molecule has 0 radical (unpaired) electrons. The van der Waals surface area contributed by atoms with Gasteiger partial charge < -0.3 is 14.6 Å². The first-order chi connectivity index (χ1) is 12.4. The van der Waals surface area contributed by atoms with Crippen molar-refractivity contribution in [3.05, 3.63) is 52.0 Å². The molecule has 0 aromatic heterocycles. The van der Waals surface area contributed by atoms with Gasteiger partial charge in [0.25, 0.3) is 5.91 Å². The number of nitrogens with one attached hydrogen (secondary N) is 1. The van der Waals surface area contributed by atoms with E-state index in [1.807, 2.05) is 24.3 Å². The van der Waals surface area contributed by atoms with Crippen molar-refractivity contribution in [3.8, 4) is 17.2 Å². The van der Waals surface area contributed by atoms with E-state index in [1.54, 1.807) is 12.1 Å². The third-order valence-electron chi connectivity index (χ3n) is 3.57. The monoisotopic (exact) mass is 420 g/mol. The number of phenols is 1. The van der Waals surface area contributed by atoms with Crippen LogP contribution < -0.4 is 14.9 Å². The lowest BCUT2D eigenvalue weighted by Crippen LogP contribution is -2.24. The van der Waals surface area contributed by atoms with Gasteiger partial charge in [0.15, 0.2) is 18.1 Å². The molecule has 2 aromatic rings. The Balaban J connectivity index is 1.90. The lowest BCUT2D eigenvalue weighted by molar-refractivity contribution is -0.123. The van der Waals surface area contributed by atoms with Gasteiger partial charge in [-0.25, -0.2) is 5.43 Å². The van der Waals surface area contributed by atoms with Crippen molar-refractivity contribution in [1.29, 1.82) is 0 Å². The Kier molecular flexibility index (Phi) is 7.03. The zero-order valence-corrected chi connectivity index (χ0v) is 16.4. The molecular formula is C19H21BrN2O4. The van der Waals surface area contributed by atoms with Crippen molar-refractivity contribution >= 4 is 28.1 Å². The molecule has 26 heavy (non-hydrogen) atoms. The summed E-state index contributed by atoms with van der Waals surface area (Å²) in [4.78, 5) is 11.8. The van der Waals surface area contributed by atoms with Gasteiger partial charge in [0.05, 0.1) is 17.8 Å². The van der Waals surface area contributed by atoms with Gasteiger partial charge in [-0.1, -0.05) is 26.0 Å². The molecule has 0 aliphatic rings. The summed E-state index contributed by atoms with van der Waals surface area (Å²) in [5.41, 5.74) is 4.19. The van der Waals surface area contributed by atoms with Gasteiger partial charge in [-0.2, -0.15) is 5.10 Å². The first-order valence-corrected chi connectivity index (χ1v) is 8.81. The zero-order chi connectivity index (χ0) is 19.1. The molecular weight excluding hydrogens is 400 g/mol. The molecule has 0 atom stereocenters. The average molecular weight is 421 g/mol. The third kappa shape index (κ3) is 5.49. The average Bonchev–Trinajstić information content (AvgIpc) is 2.63. The van der Waals surface area contributed by atoms with E-state index in [4.69, 9.17) is 9.47 Å². The number of halogens is 1. The van der Waals surface area contributed by atoms with E-state index in [0.717, 1.165) is 5.56 Å². The predicted octanol–water partition coefficient (Wildman–Crippen LogP) is 3.82. The Labute approximate surface area is 161 Å². The Hall–Kier alpha value is -2.54. The molecule has 0 aliphatic carbocycles. The van der Waals surface area contributed by atoms with Gasteiger partial charge in [0.1, 0.15) is 5.75 Å². The second kappa shape index (κ2) is 9.24. The van der Waals surface area contributed by atoms with Crippen molar-refractivity contribution in [2.45, 2.75) is 19.8 Å². The fourth-order valence-electron chi connectivity index (χ4n) is 2.15. The highest BCUT2D eigenvalue weighted by molar-refractivity contribution is 9.10. The van der Waals surface area contributed by atoms with Crippen molar-refractivity contribution in [3.63, 3.8) is 0 Å². The number of rotatable bonds is 7. The zero-order valence-electron chi connectivity index (χ0n) is 14.8. The smallest absolute Gasteiger partial charge is 0.277 e. The first-order valence-electron chi connectivity index (χ1n) is 8.02. The maximum Gasteiger partial charge on any atom is 0.277 e. The minimum Gasteiger partial charge on any atom is -0.503 e. The number of ether oxygens (including phenoxy) is 2. The van der Waals surface area contributed by atoms with Crippen LogP contribution in [0.25, 0.3) is 0 Å². The SMILES string of the molecule is COc1cc(/C=N/NC(=O)COc2cccc(C(C)C)c2)cc(Br)c1O. The molecule has 0 unspecified atom stereocenters. The number of hydrazone groups is 1. The summed E-state index contributed by atoms with van der Waals surface area (Å²) in [7, 11) is 1.45. The van der Waals surface area contributed by atoms with E-state index in [9.17, 15) is 9.90 Å². The van der Waals surface area contributed by atoms with Crippen molar-refractivity contribution in [2.24, 2.45) is 5.10 Å². The summed E-state index contributed by atoms with van der Waals surface area (Å²) < 4.78 is 11.0. The molecule has 0 saturated carbocycles. The Morgan fingerprint density at radius 3 is 2.81 bits per heavy atom. The standard InChI is InChI=1S/C19H21BrN2O4/c1-12(2)14-5-4-6-15(9-14)26-11-18(23)22-21-10-13-7-16(20)19(24)17(8-13)25-3/h4-10,12,24H,11H2,1-3H3,(H,22,23)/b21-10+. The molecule has 2 rings (SSSR count). The molecule has 0 fully saturated rings. The van der Waals surface area contributed by atoms with Crippen LogP contribution in [0, 0.1) is 0 Å². The highest BCUT2D eigenvalue weighted by Crippen LogP contribution is 2.34. The second-order valence-electron chi connectivity index (χ2n) is 5.86. The molecule has 6 nitrogen and oxygen atoms in total. The highest BCUT2D eigenvalue weighted by atomic mass is 79.9. The number of hydrogen-bond donors (Lipinski definition) is 2. The minimum absolute atomic E-state index is 0.00529. The van der Waals surface area contributed by atoms with Gasteiger partial charge in [-0.3, -0.25) is 4.79 Å². The third-order valence-corrected chi connectivity index (χ3v) is 4.17. The first kappa shape index (κ1) is 19.8. The summed E-state index contributed by atoms with van der Waals surface area (Å²) in [6, 6.07) is 10.9. The van der Waals surface area contributed by atoms with E-state index in [1.165, 1.54) is 13.3 Å². The number of methoxy groups -OCH3 is 1. The molecule has 7 heteroatoms. The van der Waals surface area contributed by atoms with Gasteiger partial charge in [0.2, 0.25) is 0 Å². The number of benzene rings is 2. The fourth-order valence-corrected chi connectivity index (χ4v) is 2.61. The number of hydrogen-bond acceptors (Lipinski definition) is 5. The van der Waals surface area contributed by atoms with E-state index < -0.39 is 0 Å². The van der Waals surface area contributed by atoms with Crippen LogP contribution in [0.5, 0.6) is 17.2 Å². The van der Waals surface area contributed by atoms with Crippen LogP contribution in [0.3, 0.4) is 0 Å². The Morgan fingerprint density at radius 1 is 1.35 bits per heavy atom. The number of amides is 1. The lowest BCUT2D eigenvalue weighted by Gasteiger charge is -2.09.